The molecule has 5 nitrogen and oxygen atoms in total. The minimum atomic E-state index is -0.269. The first-order valence-corrected chi connectivity index (χ1v) is 9.16. The SMILES string of the molecule is C[C@@H](C(=O)Nc1ccc(Cl)cc1Cl)[NH+](C)Cc1ccc2c(c1)OCCO2. The monoisotopic (exact) mass is 395 g/mol. The fourth-order valence-corrected chi connectivity index (χ4v) is 3.18. The predicted molar refractivity (Wildman–Crippen MR) is 103 cm³/mol. The van der Waals surface area contributed by atoms with Crippen LogP contribution in [0.4, 0.5) is 5.69 Å². The minimum absolute atomic E-state index is 0.107. The number of rotatable bonds is 5. The molecule has 0 bridgehead atoms. The van der Waals surface area contributed by atoms with Gasteiger partial charge < -0.3 is 19.7 Å². The van der Waals surface area contributed by atoms with E-state index in [9.17, 15) is 4.79 Å². The van der Waals surface area contributed by atoms with Gasteiger partial charge in [0.05, 0.1) is 17.8 Å². The van der Waals surface area contributed by atoms with Crippen LogP contribution in [0.15, 0.2) is 36.4 Å². The standard InChI is InChI=1S/C19H20Cl2N2O3/c1-12(19(24)22-16-5-4-14(20)10-15(16)21)23(2)11-13-3-6-17-18(9-13)26-8-7-25-17/h3-6,9-10,12H,7-8,11H2,1-2H3,(H,22,24)/p+1/t12-/m0/s1. The number of ether oxygens (including phenoxy) is 2. The first kappa shape index (κ1) is 18.8. The Bertz CT molecular complexity index is 813. The summed E-state index contributed by atoms with van der Waals surface area (Å²) in [5.74, 6) is 1.41. The maximum absolute atomic E-state index is 12.5. The van der Waals surface area contributed by atoms with Crippen molar-refractivity contribution in [2.45, 2.75) is 19.5 Å². The molecule has 0 radical (unpaired) electrons. The summed E-state index contributed by atoms with van der Waals surface area (Å²) in [6.07, 6.45) is 0. The van der Waals surface area contributed by atoms with Crippen molar-refractivity contribution >= 4 is 34.8 Å². The van der Waals surface area contributed by atoms with Crippen molar-refractivity contribution in [3.63, 3.8) is 0 Å². The molecule has 0 saturated heterocycles. The lowest BCUT2D eigenvalue weighted by molar-refractivity contribution is -0.907. The molecule has 0 spiro atoms. The number of quaternary nitrogens is 1. The van der Waals surface area contributed by atoms with Crippen molar-refractivity contribution in [2.75, 3.05) is 25.6 Å². The molecule has 1 heterocycles. The van der Waals surface area contributed by atoms with Gasteiger partial charge in [-0.05, 0) is 43.3 Å². The number of hydrogen-bond donors (Lipinski definition) is 2. The Hall–Kier alpha value is -1.95. The van der Waals surface area contributed by atoms with E-state index in [4.69, 9.17) is 32.7 Å². The van der Waals surface area contributed by atoms with E-state index < -0.39 is 0 Å². The summed E-state index contributed by atoms with van der Waals surface area (Å²) in [6, 6.07) is 10.6. The molecular formula is C19H21Cl2N2O3+. The summed E-state index contributed by atoms with van der Waals surface area (Å²) < 4.78 is 11.2. The third-order valence-electron chi connectivity index (χ3n) is 4.41. The summed E-state index contributed by atoms with van der Waals surface area (Å²) in [5, 5.41) is 3.81. The highest BCUT2D eigenvalue weighted by Crippen LogP contribution is 2.30. The fraction of sp³-hybridized carbons (Fsp3) is 0.316. The van der Waals surface area contributed by atoms with Crippen LogP contribution in [0.5, 0.6) is 11.5 Å². The average molecular weight is 396 g/mol. The number of carbonyl (C=O) groups is 1. The van der Waals surface area contributed by atoms with Gasteiger partial charge in [-0.25, -0.2) is 0 Å². The van der Waals surface area contributed by atoms with Gasteiger partial charge in [0.1, 0.15) is 19.8 Å². The molecule has 1 unspecified atom stereocenters. The van der Waals surface area contributed by atoms with E-state index in [1.165, 1.54) is 0 Å². The molecule has 0 fully saturated rings. The molecular weight excluding hydrogens is 375 g/mol. The molecule has 0 aliphatic carbocycles. The predicted octanol–water partition coefficient (Wildman–Crippen LogP) is 2.81. The van der Waals surface area contributed by atoms with Crippen LogP contribution in [-0.4, -0.2) is 32.2 Å². The van der Waals surface area contributed by atoms with Crippen molar-refractivity contribution in [2.24, 2.45) is 0 Å². The second-order valence-corrected chi connectivity index (χ2v) is 7.18. The van der Waals surface area contributed by atoms with Gasteiger partial charge in [-0.1, -0.05) is 23.2 Å². The van der Waals surface area contributed by atoms with E-state index in [2.05, 4.69) is 5.32 Å². The summed E-state index contributed by atoms with van der Waals surface area (Å²) in [7, 11) is 1.98. The quantitative estimate of drug-likeness (QED) is 0.818. The number of nitrogens with one attached hydrogen (secondary N) is 2. The number of fused-ring (bicyclic) bond motifs is 1. The first-order chi connectivity index (χ1) is 12.4. The maximum atomic E-state index is 12.5. The molecule has 1 amide bonds. The summed E-state index contributed by atoms with van der Waals surface area (Å²) >= 11 is 12.0. The molecule has 138 valence electrons. The van der Waals surface area contributed by atoms with Crippen molar-refractivity contribution < 1.29 is 19.2 Å². The van der Waals surface area contributed by atoms with Gasteiger partial charge >= 0.3 is 0 Å². The van der Waals surface area contributed by atoms with Crippen LogP contribution in [0, 0.1) is 0 Å². The molecule has 2 atom stereocenters. The molecule has 3 rings (SSSR count). The molecule has 2 aromatic rings. The molecule has 0 aromatic heterocycles. The Kier molecular flexibility index (Phi) is 5.91. The van der Waals surface area contributed by atoms with Crippen molar-refractivity contribution in [3.05, 3.63) is 52.0 Å². The molecule has 2 N–H and O–H groups in total. The smallest absolute Gasteiger partial charge is 0.282 e. The first-order valence-electron chi connectivity index (χ1n) is 8.41. The largest absolute Gasteiger partial charge is 0.486 e. The lowest BCUT2D eigenvalue weighted by Gasteiger charge is -2.23. The Morgan fingerprint density at radius 2 is 1.88 bits per heavy atom. The van der Waals surface area contributed by atoms with Crippen LogP contribution < -0.4 is 19.7 Å². The minimum Gasteiger partial charge on any atom is -0.486 e. The van der Waals surface area contributed by atoms with Crippen LogP contribution in [-0.2, 0) is 11.3 Å². The van der Waals surface area contributed by atoms with Gasteiger partial charge in [-0.15, -0.1) is 0 Å². The average Bonchev–Trinajstić information content (AvgIpc) is 2.63. The molecule has 0 saturated carbocycles. The van der Waals surface area contributed by atoms with Gasteiger partial charge in [0.2, 0.25) is 0 Å². The van der Waals surface area contributed by atoms with Crippen molar-refractivity contribution in [1.29, 1.82) is 0 Å². The summed E-state index contributed by atoms with van der Waals surface area (Å²) in [4.78, 5) is 13.6. The zero-order valence-electron chi connectivity index (χ0n) is 14.6. The number of amides is 1. The van der Waals surface area contributed by atoms with Crippen LogP contribution in [0.2, 0.25) is 10.0 Å². The highest BCUT2D eigenvalue weighted by atomic mass is 35.5. The van der Waals surface area contributed by atoms with E-state index in [-0.39, 0.29) is 11.9 Å². The van der Waals surface area contributed by atoms with Crippen LogP contribution in [0.1, 0.15) is 12.5 Å². The number of likely N-dealkylation sites (N-methyl/N-ethyl adjacent to an activating group) is 1. The number of hydrogen-bond acceptors (Lipinski definition) is 3. The van der Waals surface area contributed by atoms with Gasteiger partial charge in [0, 0.05) is 10.6 Å². The van der Waals surface area contributed by atoms with E-state index in [0.717, 1.165) is 22.0 Å². The highest BCUT2D eigenvalue weighted by Gasteiger charge is 2.23. The Labute approximate surface area is 162 Å². The lowest BCUT2D eigenvalue weighted by atomic mass is 10.1. The Morgan fingerprint density at radius 1 is 1.15 bits per heavy atom. The van der Waals surface area contributed by atoms with Gasteiger partial charge in [0.25, 0.3) is 5.91 Å². The van der Waals surface area contributed by atoms with Gasteiger partial charge in [0.15, 0.2) is 17.5 Å². The van der Waals surface area contributed by atoms with Crippen LogP contribution >= 0.6 is 23.2 Å². The summed E-state index contributed by atoms with van der Waals surface area (Å²) in [5.41, 5.74) is 1.64. The fourth-order valence-electron chi connectivity index (χ4n) is 2.73. The van der Waals surface area contributed by atoms with E-state index in [1.54, 1.807) is 18.2 Å². The number of benzene rings is 2. The van der Waals surface area contributed by atoms with Crippen molar-refractivity contribution in [3.8, 4) is 11.5 Å². The van der Waals surface area contributed by atoms with E-state index in [0.29, 0.717) is 35.5 Å². The maximum Gasteiger partial charge on any atom is 0.282 e. The molecule has 1 aliphatic heterocycles. The molecule has 1 aliphatic rings. The van der Waals surface area contributed by atoms with Crippen LogP contribution in [0.3, 0.4) is 0 Å². The zero-order valence-corrected chi connectivity index (χ0v) is 16.2. The van der Waals surface area contributed by atoms with E-state index in [1.807, 2.05) is 32.2 Å². The third kappa shape index (κ3) is 4.41. The molecule has 7 heteroatoms. The van der Waals surface area contributed by atoms with E-state index >= 15 is 0 Å². The normalized spacial score (nSPS) is 15.2. The summed E-state index contributed by atoms with van der Waals surface area (Å²) in [6.45, 7) is 3.69. The number of anilines is 1. The lowest BCUT2D eigenvalue weighted by Crippen LogP contribution is -3.12. The second-order valence-electron chi connectivity index (χ2n) is 6.34. The highest BCUT2D eigenvalue weighted by molar-refractivity contribution is 6.36. The molecule has 26 heavy (non-hydrogen) atoms. The second kappa shape index (κ2) is 8.16. The number of carbonyl (C=O) groups excluding carboxylic acids is 1. The Balaban J connectivity index is 1.63. The third-order valence-corrected chi connectivity index (χ3v) is 4.96. The Morgan fingerprint density at radius 3 is 2.62 bits per heavy atom. The van der Waals surface area contributed by atoms with Crippen molar-refractivity contribution in [1.82, 2.24) is 0 Å². The molecule has 2 aromatic carbocycles. The van der Waals surface area contributed by atoms with Crippen LogP contribution in [0.25, 0.3) is 0 Å². The van der Waals surface area contributed by atoms with Gasteiger partial charge in [-0.3, -0.25) is 4.79 Å². The number of halogens is 2. The zero-order chi connectivity index (χ0) is 18.7. The topological polar surface area (TPSA) is 52.0 Å². The van der Waals surface area contributed by atoms with Gasteiger partial charge in [-0.2, -0.15) is 0 Å².